The fourth-order valence-corrected chi connectivity index (χ4v) is 3.90. The molecule has 0 unspecified atom stereocenters. The Balaban J connectivity index is 1.78. The summed E-state index contributed by atoms with van der Waals surface area (Å²) in [5.41, 5.74) is 11.3. The highest BCUT2D eigenvalue weighted by molar-refractivity contribution is 5.98. The summed E-state index contributed by atoms with van der Waals surface area (Å²) in [6, 6.07) is 19.4. The van der Waals surface area contributed by atoms with Gasteiger partial charge in [-0.1, -0.05) is 38.1 Å². The molecule has 2 aromatic carbocycles. The van der Waals surface area contributed by atoms with Crippen molar-refractivity contribution in [2.24, 2.45) is 5.73 Å². The Morgan fingerprint density at radius 3 is 2.65 bits per heavy atom. The number of fused-ring (bicyclic) bond motifs is 2. The van der Waals surface area contributed by atoms with E-state index in [2.05, 4.69) is 35.9 Å². The van der Waals surface area contributed by atoms with Gasteiger partial charge in [0.25, 0.3) is 0 Å². The topological polar surface area (TPSA) is 86.7 Å². The minimum Gasteiger partial charge on any atom is -0.366 e. The maximum Gasteiger partial charge on any atom is 0.248 e. The first kappa shape index (κ1) is 18.9. The third kappa shape index (κ3) is 3.22. The van der Waals surface area contributed by atoms with E-state index < -0.39 is 5.91 Å². The standard InChI is InChI=1S/C25H21N5O/c1-15(2)23-22-20(18-12-16-6-3-4-9-21(16)28-14-18)10-11-27-25(22)30(29-23)19-8-5-7-17(13-19)24(26)31/h3-15H,1-2H3,(H2,26,31). The van der Waals surface area contributed by atoms with E-state index in [1.165, 1.54) is 0 Å². The lowest BCUT2D eigenvalue weighted by Crippen LogP contribution is -2.11. The van der Waals surface area contributed by atoms with Crippen molar-refractivity contribution in [3.8, 4) is 16.8 Å². The quantitative estimate of drug-likeness (QED) is 0.461. The summed E-state index contributed by atoms with van der Waals surface area (Å²) >= 11 is 0. The molecule has 3 aromatic heterocycles. The van der Waals surface area contributed by atoms with Crippen LogP contribution in [0.25, 0.3) is 38.8 Å². The number of hydrogen-bond donors (Lipinski definition) is 1. The van der Waals surface area contributed by atoms with Gasteiger partial charge < -0.3 is 5.73 Å². The summed E-state index contributed by atoms with van der Waals surface area (Å²) in [5, 5.41) is 6.96. The molecule has 6 heteroatoms. The highest BCUT2D eigenvalue weighted by Crippen LogP contribution is 2.35. The number of para-hydroxylation sites is 1. The number of carbonyl (C=O) groups excluding carboxylic acids is 1. The van der Waals surface area contributed by atoms with Crippen molar-refractivity contribution in [2.45, 2.75) is 19.8 Å². The van der Waals surface area contributed by atoms with E-state index in [1.54, 1.807) is 29.1 Å². The molecule has 2 N–H and O–H groups in total. The molecule has 152 valence electrons. The van der Waals surface area contributed by atoms with Crippen LogP contribution in [0.2, 0.25) is 0 Å². The molecule has 0 aliphatic rings. The third-order valence-corrected chi connectivity index (χ3v) is 5.42. The first-order valence-corrected chi connectivity index (χ1v) is 10.2. The van der Waals surface area contributed by atoms with E-state index in [9.17, 15) is 4.79 Å². The first-order chi connectivity index (χ1) is 15.0. The fourth-order valence-electron chi connectivity index (χ4n) is 3.90. The van der Waals surface area contributed by atoms with E-state index >= 15 is 0 Å². The maximum absolute atomic E-state index is 11.7. The van der Waals surface area contributed by atoms with Crippen molar-refractivity contribution in [3.63, 3.8) is 0 Å². The molecule has 1 amide bonds. The van der Waals surface area contributed by atoms with Gasteiger partial charge in [0.05, 0.1) is 22.3 Å². The predicted molar refractivity (Wildman–Crippen MR) is 122 cm³/mol. The Morgan fingerprint density at radius 2 is 1.84 bits per heavy atom. The van der Waals surface area contributed by atoms with Crippen LogP contribution in [-0.2, 0) is 0 Å². The number of pyridine rings is 2. The maximum atomic E-state index is 11.7. The lowest BCUT2D eigenvalue weighted by atomic mass is 9.98. The second-order valence-electron chi connectivity index (χ2n) is 7.84. The Morgan fingerprint density at radius 1 is 1.00 bits per heavy atom. The second-order valence-corrected chi connectivity index (χ2v) is 7.84. The van der Waals surface area contributed by atoms with E-state index in [0.29, 0.717) is 5.56 Å². The van der Waals surface area contributed by atoms with Crippen LogP contribution in [0.15, 0.2) is 73.1 Å². The minimum atomic E-state index is -0.474. The molecule has 0 saturated heterocycles. The summed E-state index contributed by atoms with van der Waals surface area (Å²) in [7, 11) is 0. The summed E-state index contributed by atoms with van der Waals surface area (Å²) in [6.45, 7) is 4.22. The van der Waals surface area contributed by atoms with Crippen LogP contribution in [0.4, 0.5) is 0 Å². The zero-order valence-electron chi connectivity index (χ0n) is 17.3. The van der Waals surface area contributed by atoms with Crippen LogP contribution in [0, 0.1) is 0 Å². The number of rotatable bonds is 4. The van der Waals surface area contributed by atoms with E-state index in [0.717, 1.165) is 44.4 Å². The van der Waals surface area contributed by atoms with Gasteiger partial charge in [-0.05, 0) is 47.9 Å². The van der Waals surface area contributed by atoms with Crippen LogP contribution >= 0.6 is 0 Å². The molecule has 0 bridgehead atoms. The zero-order valence-corrected chi connectivity index (χ0v) is 17.3. The number of primary amides is 1. The van der Waals surface area contributed by atoms with Crippen LogP contribution in [0.5, 0.6) is 0 Å². The van der Waals surface area contributed by atoms with Crippen molar-refractivity contribution in [3.05, 3.63) is 84.3 Å². The third-order valence-electron chi connectivity index (χ3n) is 5.42. The number of benzene rings is 2. The van der Waals surface area contributed by atoms with Crippen LogP contribution in [0.3, 0.4) is 0 Å². The lowest BCUT2D eigenvalue weighted by molar-refractivity contribution is 0.1000. The largest absolute Gasteiger partial charge is 0.366 e. The average Bonchev–Trinajstić information content (AvgIpc) is 3.19. The molecule has 5 rings (SSSR count). The highest BCUT2D eigenvalue weighted by atomic mass is 16.1. The van der Waals surface area contributed by atoms with Gasteiger partial charge in [0.15, 0.2) is 5.65 Å². The lowest BCUT2D eigenvalue weighted by Gasteiger charge is -2.08. The molecule has 5 aromatic rings. The minimum absolute atomic E-state index is 0.180. The van der Waals surface area contributed by atoms with E-state index in [-0.39, 0.29) is 5.92 Å². The normalized spacial score (nSPS) is 11.5. The Kier molecular flexibility index (Phi) is 4.47. The number of aromatic nitrogens is 4. The van der Waals surface area contributed by atoms with Crippen LogP contribution in [0.1, 0.15) is 35.8 Å². The molecule has 0 spiro atoms. The summed E-state index contributed by atoms with van der Waals surface area (Å²) in [6.07, 6.45) is 3.68. The molecular weight excluding hydrogens is 386 g/mol. The first-order valence-electron chi connectivity index (χ1n) is 10.2. The molecule has 0 atom stereocenters. The molecule has 6 nitrogen and oxygen atoms in total. The zero-order chi connectivity index (χ0) is 21.5. The summed E-state index contributed by atoms with van der Waals surface area (Å²) in [5.74, 6) is -0.294. The fraction of sp³-hybridized carbons (Fsp3) is 0.120. The van der Waals surface area contributed by atoms with E-state index in [1.807, 2.05) is 36.5 Å². The monoisotopic (exact) mass is 407 g/mol. The van der Waals surface area contributed by atoms with Gasteiger partial charge in [-0.2, -0.15) is 5.10 Å². The highest BCUT2D eigenvalue weighted by Gasteiger charge is 2.20. The van der Waals surface area contributed by atoms with Crippen LogP contribution < -0.4 is 5.73 Å². The Bertz CT molecular complexity index is 1450. The number of hydrogen-bond acceptors (Lipinski definition) is 4. The van der Waals surface area contributed by atoms with Crippen molar-refractivity contribution in [2.75, 3.05) is 0 Å². The van der Waals surface area contributed by atoms with Gasteiger partial charge in [0.1, 0.15) is 0 Å². The van der Waals surface area contributed by atoms with E-state index in [4.69, 9.17) is 10.8 Å². The van der Waals surface area contributed by atoms with Crippen molar-refractivity contribution < 1.29 is 4.79 Å². The molecule has 0 fully saturated rings. The Labute approximate surface area is 179 Å². The van der Waals surface area contributed by atoms with Gasteiger partial charge in [-0.15, -0.1) is 0 Å². The van der Waals surface area contributed by atoms with Crippen LogP contribution in [-0.4, -0.2) is 25.7 Å². The smallest absolute Gasteiger partial charge is 0.248 e. The van der Waals surface area contributed by atoms with Crippen molar-refractivity contribution >= 4 is 27.8 Å². The van der Waals surface area contributed by atoms with Gasteiger partial charge in [0.2, 0.25) is 5.91 Å². The number of nitrogens with two attached hydrogens (primary N) is 1. The predicted octanol–water partition coefficient (Wildman–Crippen LogP) is 4.86. The molecule has 0 radical (unpaired) electrons. The van der Waals surface area contributed by atoms with Gasteiger partial charge in [-0.3, -0.25) is 9.78 Å². The summed E-state index contributed by atoms with van der Waals surface area (Å²) < 4.78 is 1.79. The molecule has 31 heavy (non-hydrogen) atoms. The van der Waals surface area contributed by atoms with Gasteiger partial charge in [-0.25, -0.2) is 9.67 Å². The molecule has 0 aliphatic heterocycles. The molecule has 0 saturated carbocycles. The number of amides is 1. The van der Waals surface area contributed by atoms with Crippen molar-refractivity contribution in [1.29, 1.82) is 0 Å². The number of carbonyl (C=O) groups is 1. The van der Waals surface area contributed by atoms with Gasteiger partial charge >= 0.3 is 0 Å². The average molecular weight is 407 g/mol. The molecular formula is C25H21N5O. The second kappa shape index (κ2) is 7.32. The number of nitrogens with zero attached hydrogens (tertiary/aromatic N) is 4. The van der Waals surface area contributed by atoms with Gasteiger partial charge in [0, 0.05) is 28.9 Å². The molecule has 0 aliphatic carbocycles. The SMILES string of the molecule is CC(C)c1nn(-c2cccc(C(N)=O)c2)c2nccc(-c3cnc4ccccc4c3)c12. The summed E-state index contributed by atoms with van der Waals surface area (Å²) in [4.78, 5) is 21.0. The van der Waals surface area contributed by atoms with Crippen molar-refractivity contribution in [1.82, 2.24) is 19.7 Å². The Hall–Kier alpha value is -4.06. The molecule has 3 heterocycles.